The molecule has 0 saturated carbocycles. The average molecular weight is 518 g/mol. The van der Waals surface area contributed by atoms with Crippen LogP contribution in [0.3, 0.4) is 0 Å². The van der Waals surface area contributed by atoms with Gasteiger partial charge in [0.1, 0.15) is 0 Å². The summed E-state index contributed by atoms with van der Waals surface area (Å²) in [4.78, 5) is 27.8. The van der Waals surface area contributed by atoms with Crippen LogP contribution in [0.1, 0.15) is 29.2 Å². The van der Waals surface area contributed by atoms with E-state index in [1.807, 2.05) is 0 Å². The largest absolute Gasteiger partial charge is 0.416 e. The Hall–Kier alpha value is -3.12. The van der Waals surface area contributed by atoms with Gasteiger partial charge in [0.15, 0.2) is 0 Å². The van der Waals surface area contributed by atoms with Crippen molar-refractivity contribution < 1.29 is 45.4 Å². The molecule has 1 aliphatic carbocycles. The van der Waals surface area contributed by atoms with Gasteiger partial charge in [-0.25, -0.2) is 0 Å². The number of hydrogen-bond donors (Lipinski definition) is 1. The summed E-state index contributed by atoms with van der Waals surface area (Å²) in [6.07, 6.45) is -5.39. The maximum absolute atomic E-state index is 13.6. The van der Waals surface area contributed by atoms with Gasteiger partial charge >= 0.3 is 12.4 Å². The van der Waals surface area contributed by atoms with Crippen LogP contribution in [0.15, 0.2) is 53.1 Å². The van der Waals surface area contributed by atoms with Crippen molar-refractivity contribution in [3.8, 4) is 0 Å². The second kappa shape index (κ2) is 10.9. The van der Waals surface area contributed by atoms with E-state index in [2.05, 4.69) is 5.32 Å². The minimum Gasteiger partial charge on any atom is -0.383 e. The Morgan fingerprint density at radius 2 is 1.64 bits per heavy atom. The highest BCUT2D eigenvalue weighted by molar-refractivity contribution is 6.07. The summed E-state index contributed by atoms with van der Waals surface area (Å²) in [5.41, 5.74) is -3.29. The van der Waals surface area contributed by atoms with E-state index in [1.165, 1.54) is 20.3 Å². The molecule has 1 heterocycles. The predicted octanol–water partition coefficient (Wildman–Crippen LogP) is 4.20. The van der Waals surface area contributed by atoms with Crippen molar-refractivity contribution in [1.29, 1.82) is 0 Å². The standard InChI is InChI=1S/C24H24F6N2O4/c1-35-9-7-31-21(33)19-17-5-3-4-6-18(17)22(34)32(8-10-36-2)20(19)14-11-15(23(25,26)27)13-16(12-14)24(28,29)30/h3-4,6,11-13,20H,5,7-10H2,1-2H3,(H,31,33). The third kappa shape index (κ3) is 5.81. The minimum absolute atomic E-state index is 0.00773. The Bertz CT molecular complexity index is 1070. The molecule has 3 rings (SSSR count). The molecule has 1 aromatic rings. The maximum Gasteiger partial charge on any atom is 0.416 e. The minimum atomic E-state index is -5.10. The number of nitrogens with one attached hydrogen (secondary N) is 1. The zero-order chi connectivity index (χ0) is 26.7. The number of fused-ring (bicyclic) bond motifs is 1. The Balaban J connectivity index is 2.29. The molecule has 196 valence electrons. The molecular formula is C24H24F6N2O4. The number of carbonyl (C=O) groups is 2. The first kappa shape index (κ1) is 27.5. The summed E-state index contributed by atoms with van der Waals surface area (Å²) in [7, 11) is 2.73. The van der Waals surface area contributed by atoms with Crippen LogP contribution in [0, 0.1) is 0 Å². The number of methoxy groups -OCH3 is 2. The van der Waals surface area contributed by atoms with E-state index in [-0.39, 0.29) is 55.5 Å². The van der Waals surface area contributed by atoms with Crippen LogP contribution < -0.4 is 5.32 Å². The van der Waals surface area contributed by atoms with Gasteiger partial charge in [-0.05, 0) is 41.8 Å². The van der Waals surface area contributed by atoms with Crippen molar-refractivity contribution >= 4 is 11.8 Å². The molecule has 0 fully saturated rings. The number of carbonyl (C=O) groups excluding carboxylic acids is 2. The van der Waals surface area contributed by atoms with Gasteiger partial charge in [-0.2, -0.15) is 26.3 Å². The first-order valence-electron chi connectivity index (χ1n) is 10.9. The zero-order valence-electron chi connectivity index (χ0n) is 19.4. The third-order valence-electron chi connectivity index (χ3n) is 5.75. The Kier molecular flexibility index (Phi) is 8.29. The summed E-state index contributed by atoms with van der Waals surface area (Å²) in [5, 5.41) is 2.58. The van der Waals surface area contributed by atoms with Gasteiger partial charge < -0.3 is 19.7 Å². The first-order valence-corrected chi connectivity index (χ1v) is 10.9. The lowest BCUT2D eigenvalue weighted by Gasteiger charge is -2.40. The van der Waals surface area contributed by atoms with Crippen LogP contribution in [-0.4, -0.2) is 57.2 Å². The molecule has 0 bridgehead atoms. The van der Waals surface area contributed by atoms with E-state index in [4.69, 9.17) is 9.47 Å². The predicted molar refractivity (Wildman–Crippen MR) is 117 cm³/mol. The summed E-state index contributed by atoms with van der Waals surface area (Å²) in [6.45, 7) is -0.0863. The van der Waals surface area contributed by atoms with Gasteiger partial charge in [-0.3, -0.25) is 9.59 Å². The number of nitrogens with zero attached hydrogens (tertiary/aromatic N) is 1. The van der Waals surface area contributed by atoms with E-state index >= 15 is 0 Å². The molecule has 0 radical (unpaired) electrons. The second-order valence-corrected chi connectivity index (χ2v) is 8.09. The fourth-order valence-electron chi connectivity index (χ4n) is 4.14. The van der Waals surface area contributed by atoms with Crippen LogP contribution in [-0.2, 0) is 31.4 Å². The summed E-state index contributed by atoms with van der Waals surface area (Å²) >= 11 is 0. The third-order valence-corrected chi connectivity index (χ3v) is 5.75. The number of amides is 2. The van der Waals surface area contributed by atoms with Gasteiger partial charge in [0.2, 0.25) is 5.91 Å². The van der Waals surface area contributed by atoms with E-state index in [1.54, 1.807) is 12.2 Å². The molecule has 6 nitrogen and oxygen atoms in total. The molecule has 0 aromatic heterocycles. The number of halogens is 6. The topological polar surface area (TPSA) is 67.9 Å². The smallest absolute Gasteiger partial charge is 0.383 e. The van der Waals surface area contributed by atoms with Crippen LogP contribution in [0.4, 0.5) is 26.3 Å². The van der Waals surface area contributed by atoms with Crippen molar-refractivity contribution in [2.24, 2.45) is 0 Å². The SMILES string of the molecule is COCCNC(=O)C1=C2CC=CC=C2C(=O)N(CCOC)C1c1cc(C(F)(F)F)cc(C(F)(F)F)c1. The van der Waals surface area contributed by atoms with Crippen LogP contribution in [0.2, 0.25) is 0 Å². The van der Waals surface area contributed by atoms with Crippen molar-refractivity contribution in [3.05, 3.63) is 69.8 Å². The molecule has 0 saturated heterocycles. The van der Waals surface area contributed by atoms with Gasteiger partial charge in [-0.1, -0.05) is 12.2 Å². The van der Waals surface area contributed by atoms with E-state index < -0.39 is 46.9 Å². The van der Waals surface area contributed by atoms with Crippen LogP contribution in [0.25, 0.3) is 0 Å². The fraction of sp³-hybridized carbons (Fsp3) is 0.417. The summed E-state index contributed by atoms with van der Waals surface area (Å²) < 4.78 is 91.6. The number of alkyl halides is 6. The molecule has 1 aromatic carbocycles. The molecule has 2 amide bonds. The summed E-state index contributed by atoms with van der Waals surface area (Å²) in [5.74, 6) is -1.36. The van der Waals surface area contributed by atoms with Gasteiger partial charge in [0.05, 0.1) is 30.4 Å². The van der Waals surface area contributed by atoms with Crippen molar-refractivity contribution in [2.45, 2.75) is 24.8 Å². The molecule has 36 heavy (non-hydrogen) atoms. The molecule has 1 atom stereocenters. The van der Waals surface area contributed by atoms with E-state index in [9.17, 15) is 35.9 Å². The fourth-order valence-corrected chi connectivity index (χ4v) is 4.14. The Labute approximate surface area is 203 Å². The van der Waals surface area contributed by atoms with Gasteiger partial charge in [0.25, 0.3) is 5.91 Å². The van der Waals surface area contributed by atoms with Crippen LogP contribution >= 0.6 is 0 Å². The van der Waals surface area contributed by atoms with Crippen molar-refractivity contribution in [2.75, 3.05) is 40.5 Å². The Morgan fingerprint density at radius 1 is 1.03 bits per heavy atom. The normalized spacial score (nSPS) is 18.3. The van der Waals surface area contributed by atoms with Gasteiger partial charge in [0, 0.05) is 38.5 Å². The lowest BCUT2D eigenvalue weighted by atomic mass is 9.80. The molecule has 12 heteroatoms. The molecule has 0 spiro atoms. The molecule has 1 N–H and O–H groups in total. The molecular weight excluding hydrogens is 494 g/mol. The maximum atomic E-state index is 13.6. The lowest BCUT2D eigenvalue weighted by Crippen LogP contribution is -2.46. The molecule has 1 unspecified atom stereocenters. The average Bonchev–Trinajstić information content (AvgIpc) is 2.82. The monoisotopic (exact) mass is 518 g/mol. The van der Waals surface area contributed by atoms with Crippen LogP contribution in [0.5, 0.6) is 0 Å². The van der Waals surface area contributed by atoms with E-state index in [0.29, 0.717) is 12.1 Å². The molecule has 1 aliphatic heterocycles. The van der Waals surface area contributed by atoms with E-state index in [0.717, 1.165) is 4.90 Å². The number of allylic oxidation sites excluding steroid dienone is 3. The Morgan fingerprint density at radius 3 is 2.19 bits per heavy atom. The summed E-state index contributed by atoms with van der Waals surface area (Å²) in [6, 6.07) is -0.419. The number of ether oxygens (including phenoxy) is 2. The highest BCUT2D eigenvalue weighted by Crippen LogP contribution is 2.44. The zero-order valence-corrected chi connectivity index (χ0v) is 19.4. The van der Waals surface area contributed by atoms with Crippen molar-refractivity contribution in [3.63, 3.8) is 0 Å². The molecule has 2 aliphatic rings. The number of benzene rings is 1. The quantitative estimate of drug-likeness (QED) is 0.414. The van der Waals surface area contributed by atoms with Crippen molar-refractivity contribution in [1.82, 2.24) is 10.2 Å². The van der Waals surface area contributed by atoms with Gasteiger partial charge in [-0.15, -0.1) is 0 Å². The second-order valence-electron chi connectivity index (χ2n) is 8.09. The number of hydrogen-bond acceptors (Lipinski definition) is 4. The number of rotatable bonds is 8. The lowest BCUT2D eigenvalue weighted by molar-refractivity contribution is -0.143. The highest BCUT2D eigenvalue weighted by Gasteiger charge is 2.44. The first-order chi connectivity index (χ1) is 16.9. The highest BCUT2D eigenvalue weighted by atomic mass is 19.4.